The van der Waals surface area contributed by atoms with Crippen molar-refractivity contribution < 1.29 is 33.3 Å². The third-order valence-electron chi connectivity index (χ3n) is 17.6. The number of allylic oxidation sites excluding steroid dienone is 1. The van der Waals surface area contributed by atoms with E-state index < -0.39 is 5.97 Å². The van der Waals surface area contributed by atoms with E-state index in [0.717, 1.165) is 130 Å². The Hall–Kier alpha value is -3.94. The molecule has 0 bridgehead atoms. The summed E-state index contributed by atoms with van der Waals surface area (Å²) in [5.41, 5.74) is 5.39. The van der Waals surface area contributed by atoms with Gasteiger partial charge in [-0.05, 0) is 177 Å². The van der Waals surface area contributed by atoms with E-state index in [1.165, 1.54) is 56.9 Å². The Bertz CT molecular complexity index is 2080. The molecule has 1 aliphatic heterocycles. The van der Waals surface area contributed by atoms with Gasteiger partial charge in [-0.3, -0.25) is 0 Å². The van der Waals surface area contributed by atoms with Crippen LogP contribution in [0.2, 0.25) is 0 Å². The number of carbonyl (C=O) groups is 2. The minimum absolute atomic E-state index is 0.119. The highest BCUT2D eigenvalue weighted by molar-refractivity contribution is 5.94. The van der Waals surface area contributed by atoms with Gasteiger partial charge in [0.2, 0.25) is 0 Å². The Balaban J connectivity index is 0.752. The molecule has 358 valence electrons. The molecule has 0 amide bonds. The third-order valence-corrected chi connectivity index (χ3v) is 17.6. The van der Waals surface area contributed by atoms with Crippen molar-refractivity contribution in [3.63, 3.8) is 0 Å². The molecule has 0 aromatic heterocycles. The summed E-state index contributed by atoms with van der Waals surface area (Å²) in [6.45, 7) is 18.7. The number of fused-ring (bicyclic) bond motifs is 5. The summed E-state index contributed by atoms with van der Waals surface area (Å²) in [6.07, 6.45) is 21.6. The van der Waals surface area contributed by atoms with Gasteiger partial charge >= 0.3 is 11.9 Å². The molecule has 3 saturated carbocycles. The highest BCUT2D eigenvalue weighted by Gasteiger charge is 2.59. The Kier molecular flexibility index (Phi) is 15.9. The predicted octanol–water partition coefficient (Wildman–Crippen LogP) is 14.5. The number of ether oxygens (including phenoxy) is 5. The first-order valence-corrected chi connectivity index (χ1v) is 26.1. The third kappa shape index (κ3) is 11.0. The van der Waals surface area contributed by atoms with Gasteiger partial charge in [-0.2, -0.15) is 0 Å². The van der Waals surface area contributed by atoms with Gasteiger partial charge in [0.25, 0.3) is 0 Å². The SMILES string of the molecule is CCC1(COCCCCCCOc2ccc(-c3ccc(OC(=O)c4ccc(C(=O)OC5CCC6(C)C(=CCC7C6CCC6(C)C(C(C)CCCC(C)C)CCC76)C5)cc4)cc3)cc2)COC1. The van der Waals surface area contributed by atoms with Crippen LogP contribution < -0.4 is 9.47 Å². The van der Waals surface area contributed by atoms with Crippen LogP contribution in [0.3, 0.4) is 0 Å². The molecule has 0 spiro atoms. The van der Waals surface area contributed by atoms with E-state index in [1.54, 1.807) is 24.3 Å². The summed E-state index contributed by atoms with van der Waals surface area (Å²) in [5, 5.41) is 0. The van der Waals surface area contributed by atoms with E-state index in [0.29, 0.717) is 28.9 Å². The monoisotopic (exact) mass is 901 g/mol. The summed E-state index contributed by atoms with van der Waals surface area (Å²) in [5.74, 6) is 5.37. The molecule has 3 aromatic rings. The molecule has 7 heteroatoms. The molecule has 7 nitrogen and oxygen atoms in total. The van der Waals surface area contributed by atoms with Crippen molar-refractivity contribution in [2.24, 2.45) is 51.8 Å². The second kappa shape index (κ2) is 21.6. The molecule has 4 aliphatic carbocycles. The van der Waals surface area contributed by atoms with Gasteiger partial charge in [0.1, 0.15) is 17.6 Å². The fourth-order valence-corrected chi connectivity index (χ4v) is 13.3. The summed E-state index contributed by atoms with van der Waals surface area (Å²) in [6, 6.07) is 22.3. The Morgan fingerprint density at radius 3 is 2.03 bits per heavy atom. The summed E-state index contributed by atoms with van der Waals surface area (Å²) >= 11 is 0. The largest absolute Gasteiger partial charge is 0.494 e. The first kappa shape index (κ1) is 48.5. The average Bonchev–Trinajstić information content (AvgIpc) is 3.67. The van der Waals surface area contributed by atoms with Crippen LogP contribution in [0.4, 0.5) is 0 Å². The Labute approximate surface area is 397 Å². The maximum Gasteiger partial charge on any atom is 0.343 e. The van der Waals surface area contributed by atoms with Crippen molar-refractivity contribution in [2.75, 3.05) is 33.0 Å². The lowest BCUT2D eigenvalue weighted by molar-refractivity contribution is -0.150. The van der Waals surface area contributed by atoms with Crippen molar-refractivity contribution in [1.82, 2.24) is 0 Å². The zero-order valence-corrected chi connectivity index (χ0v) is 41.3. The van der Waals surface area contributed by atoms with Crippen LogP contribution in [-0.4, -0.2) is 51.1 Å². The number of benzene rings is 3. The molecule has 0 radical (unpaired) electrons. The number of carbonyl (C=O) groups excluding carboxylic acids is 2. The van der Waals surface area contributed by atoms with Crippen LogP contribution in [0.15, 0.2) is 84.4 Å². The lowest BCUT2D eigenvalue weighted by Gasteiger charge is -2.58. The van der Waals surface area contributed by atoms with Gasteiger partial charge in [-0.15, -0.1) is 0 Å². The van der Waals surface area contributed by atoms with Gasteiger partial charge in [0, 0.05) is 18.4 Å². The van der Waals surface area contributed by atoms with E-state index in [4.69, 9.17) is 23.7 Å². The summed E-state index contributed by atoms with van der Waals surface area (Å²) in [4.78, 5) is 26.6. The second-order valence-corrected chi connectivity index (χ2v) is 22.2. The van der Waals surface area contributed by atoms with Gasteiger partial charge in [0.15, 0.2) is 0 Å². The van der Waals surface area contributed by atoms with Crippen molar-refractivity contribution in [3.05, 3.63) is 95.6 Å². The molecule has 1 saturated heterocycles. The van der Waals surface area contributed by atoms with E-state index >= 15 is 0 Å². The topological polar surface area (TPSA) is 80.3 Å². The van der Waals surface area contributed by atoms with Gasteiger partial charge in [-0.25, -0.2) is 9.59 Å². The number of hydrogen-bond donors (Lipinski definition) is 0. The number of rotatable bonds is 21. The van der Waals surface area contributed by atoms with Crippen molar-refractivity contribution in [2.45, 2.75) is 150 Å². The lowest BCUT2D eigenvalue weighted by Crippen LogP contribution is -2.51. The quantitative estimate of drug-likeness (QED) is 0.0456. The first-order valence-electron chi connectivity index (χ1n) is 26.1. The van der Waals surface area contributed by atoms with Crippen LogP contribution in [-0.2, 0) is 14.2 Å². The molecule has 8 rings (SSSR count). The van der Waals surface area contributed by atoms with Gasteiger partial charge in [0.05, 0.1) is 37.6 Å². The molecular weight excluding hydrogens is 821 g/mol. The van der Waals surface area contributed by atoms with Crippen LogP contribution >= 0.6 is 0 Å². The molecule has 0 N–H and O–H groups in total. The van der Waals surface area contributed by atoms with Crippen LogP contribution in [0.1, 0.15) is 165 Å². The molecule has 5 aliphatic rings. The molecule has 4 fully saturated rings. The fourth-order valence-electron chi connectivity index (χ4n) is 13.3. The average molecular weight is 901 g/mol. The first-order chi connectivity index (χ1) is 31.9. The Morgan fingerprint density at radius 2 is 1.38 bits per heavy atom. The van der Waals surface area contributed by atoms with E-state index in [-0.39, 0.29) is 22.9 Å². The predicted molar refractivity (Wildman–Crippen MR) is 264 cm³/mol. The van der Waals surface area contributed by atoms with Gasteiger partial charge in [-0.1, -0.05) is 103 Å². The molecule has 8 atom stereocenters. The maximum atomic E-state index is 13.4. The lowest BCUT2D eigenvalue weighted by atomic mass is 9.47. The molecular formula is C59H80O7. The summed E-state index contributed by atoms with van der Waals surface area (Å²) in [7, 11) is 0. The number of hydrogen-bond acceptors (Lipinski definition) is 7. The molecule has 66 heavy (non-hydrogen) atoms. The van der Waals surface area contributed by atoms with Crippen molar-refractivity contribution in [1.29, 1.82) is 0 Å². The van der Waals surface area contributed by atoms with Crippen molar-refractivity contribution >= 4 is 11.9 Å². The number of esters is 2. The zero-order valence-electron chi connectivity index (χ0n) is 41.3. The van der Waals surface area contributed by atoms with E-state index in [9.17, 15) is 9.59 Å². The highest BCUT2D eigenvalue weighted by atomic mass is 16.5. The normalized spacial score (nSPS) is 28.0. The molecule has 1 heterocycles. The second-order valence-electron chi connectivity index (χ2n) is 22.2. The Morgan fingerprint density at radius 1 is 0.712 bits per heavy atom. The maximum absolute atomic E-state index is 13.4. The standard InChI is InChI=1S/C59H80O7/c1-7-59(39-63-40-59)38-62-35-10-8-9-11-36-64-48-24-19-43(20-25-48)44-21-26-49(27-22-44)65-55(60)45-15-17-46(18-16-45)56(61)66-50-31-33-57(5)47(37-50)23-28-51-53-30-29-52(42(4)14-12-13-41(2)3)58(53,6)34-32-54(51)57/h15-27,41-42,50-54H,7-14,28-40H2,1-6H3. The smallest absolute Gasteiger partial charge is 0.343 e. The van der Waals surface area contributed by atoms with Crippen LogP contribution in [0, 0.1) is 51.8 Å². The summed E-state index contributed by atoms with van der Waals surface area (Å²) < 4.78 is 29.2. The highest BCUT2D eigenvalue weighted by Crippen LogP contribution is 2.67. The zero-order chi connectivity index (χ0) is 46.3. The van der Waals surface area contributed by atoms with E-state index in [2.05, 4.69) is 59.8 Å². The number of unbranched alkanes of at least 4 members (excludes halogenated alkanes) is 3. The van der Waals surface area contributed by atoms with Crippen LogP contribution in [0.5, 0.6) is 11.5 Å². The minimum atomic E-state index is -0.469. The molecule has 8 unspecified atom stereocenters. The van der Waals surface area contributed by atoms with Crippen LogP contribution in [0.25, 0.3) is 11.1 Å². The van der Waals surface area contributed by atoms with Crippen molar-refractivity contribution in [3.8, 4) is 22.6 Å². The van der Waals surface area contributed by atoms with Gasteiger partial charge < -0.3 is 23.7 Å². The fraction of sp³-hybridized carbons (Fsp3) is 0.627. The van der Waals surface area contributed by atoms with E-state index in [1.807, 2.05) is 36.4 Å². The molecule has 3 aromatic carbocycles. The minimum Gasteiger partial charge on any atom is -0.494 e.